The van der Waals surface area contributed by atoms with Gasteiger partial charge in [-0.2, -0.15) is 0 Å². The van der Waals surface area contributed by atoms with Crippen LogP contribution in [0.25, 0.3) is 0 Å². The van der Waals surface area contributed by atoms with Gasteiger partial charge >= 0.3 is 0 Å². The Bertz CT molecular complexity index is 820. The van der Waals surface area contributed by atoms with E-state index in [1.165, 1.54) is 12.8 Å². The third kappa shape index (κ3) is 5.07. The molecule has 0 spiro atoms. The van der Waals surface area contributed by atoms with Crippen LogP contribution in [-0.4, -0.2) is 30.1 Å². The van der Waals surface area contributed by atoms with Gasteiger partial charge < -0.3 is 14.4 Å². The molecule has 6 heteroatoms. The Kier molecular flexibility index (Phi) is 6.85. The first kappa shape index (κ1) is 20.2. The van der Waals surface area contributed by atoms with Gasteiger partial charge in [0.25, 0.3) is 0 Å². The summed E-state index contributed by atoms with van der Waals surface area (Å²) < 4.78 is 11.4. The highest BCUT2D eigenvalue weighted by atomic mass is 35.5. The number of likely N-dealkylation sites (tertiary alicyclic amines) is 1. The Hall–Kier alpha value is -1.49. The summed E-state index contributed by atoms with van der Waals surface area (Å²) in [6.07, 6.45) is 2.37. The zero-order valence-electron chi connectivity index (χ0n) is 15.5. The molecule has 27 heavy (non-hydrogen) atoms. The van der Waals surface area contributed by atoms with Crippen LogP contribution < -0.4 is 9.47 Å². The van der Waals surface area contributed by atoms with Crippen molar-refractivity contribution in [2.24, 2.45) is 5.92 Å². The number of thiocarbonyl (C=S) groups is 1. The summed E-state index contributed by atoms with van der Waals surface area (Å²) in [6, 6.07) is 11.3. The zero-order valence-corrected chi connectivity index (χ0v) is 17.8. The maximum absolute atomic E-state index is 6.06. The van der Waals surface area contributed by atoms with Gasteiger partial charge in [0.1, 0.15) is 11.6 Å². The minimum absolute atomic E-state index is 0.376. The lowest BCUT2D eigenvalue weighted by Gasteiger charge is -2.32. The van der Waals surface area contributed by atoms with E-state index in [1.54, 1.807) is 19.2 Å². The van der Waals surface area contributed by atoms with Crippen LogP contribution in [0, 0.1) is 5.92 Å². The van der Waals surface area contributed by atoms with E-state index in [9.17, 15) is 0 Å². The van der Waals surface area contributed by atoms with E-state index >= 15 is 0 Å². The molecule has 0 unspecified atom stereocenters. The van der Waals surface area contributed by atoms with Gasteiger partial charge in [-0.1, -0.05) is 48.4 Å². The quantitative estimate of drug-likeness (QED) is 0.550. The maximum Gasteiger partial charge on any atom is 0.161 e. The zero-order chi connectivity index (χ0) is 19.4. The van der Waals surface area contributed by atoms with Crippen molar-refractivity contribution in [3.63, 3.8) is 0 Å². The van der Waals surface area contributed by atoms with Crippen molar-refractivity contribution in [1.29, 1.82) is 0 Å². The van der Waals surface area contributed by atoms with Crippen LogP contribution in [0.1, 0.15) is 30.9 Å². The molecule has 144 valence electrons. The molecule has 1 aliphatic rings. The number of hydrogen-bond acceptors (Lipinski definition) is 3. The molecule has 1 aliphatic heterocycles. The molecule has 2 aromatic carbocycles. The van der Waals surface area contributed by atoms with Gasteiger partial charge in [0.2, 0.25) is 0 Å². The number of methoxy groups -OCH3 is 1. The Balaban J connectivity index is 1.70. The molecular weight excluding hydrogens is 401 g/mol. The van der Waals surface area contributed by atoms with Gasteiger partial charge in [-0.3, -0.25) is 0 Å². The van der Waals surface area contributed by atoms with Gasteiger partial charge in [-0.25, -0.2) is 0 Å². The van der Waals surface area contributed by atoms with Crippen LogP contribution in [0.4, 0.5) is 0 Å². The predicted molar refractivity (Wildman–Crippen MR) is 115 cm³/mol. The lowest BCUT2D eigenvalue weighted by Crippen LogP contribution is -2.37. The Morgan fingerprint density at radius 1 is 1.07 bits per heavy atom. The fourth-order valence-electron chi connectivity index (χ4n) is 3.10. The number of benzene rings is 2. The van der Waals surface area contributed by atoms with E-state index in [2.05, 4.69) is 11.8 Å². The third-order valence-electron chi connectivity index (χ3n) is 4.86. The number of piperidine rings is 1. The van der Waals surface area contributed by atoms with Crippen molar-refractivity contribution >= 4 is 40.4 Å². The molecule has 0 N–H and O–H groups in total. The molecule has 0 aromatic heterocycles. The Morgan fingerprint density at radius 2 is 1.81 bits per heavy atom. The molecule has 0 saturated carbocycles. The average molecular weight is 424 g/mol. The lowest BCUT2D eigenvalue weighted by molar-refractivity contribution is 0.282. The highest BCUT2D eigenvalue weighted by molar-refractivity contribution is 7.80. The summed E-state index contributed by atoms with van der Waals surface area (Å²) in [5, 5.41) is 1.05. The Morgan fingerprint density at radius 3 is 2.48 bits per heavy atom. The first-order valence-electron chi connectivity index (χ1n) is 9.02. The minimum Gasteiger partial charge on any atom is -0.493 e. The molecular formula is C21H23Cl2NO2S. The number of ether oxygens (including phenoxy) is 2. The van der Waals surface area contributed by atoms with Gasteiger partial charge in [-0.05, 0) is 54.7 Å². The van der Waals surface area contributed by atoms with E-state index in [-0.39, 0.29) is 0 Å². The highest BCUT2D eigenvalue weighted by Gasteiger charge is 2.20. The van der Waals surface area contributed by atoms with Crippen LogP contribution in [-0.2, 0) is 6.61 Å². The molecule has 1 fully saturated rings. The summed E-state index contributed by atoms with van der Waals surface area (Å²) in [4.78, 5) is 3.15. The highest BCUT2D eigenvalue weighted by Crippen LogP contribution is 2.31. The maximum atomic E-state index is 6.06. The first-order chi connectivity index (χ1) is 13.0. The summed E-state index contributed by atoms with van der Waals surface area (Å²) >= 11 is 17.7. The fraction of sp³-hybridized carbons (Fsp3) is 0.381. The Labute approximate surface area is 176 Å². The van der Waals surface area contributed by atoms with E-state index in [4.69, 9.17) is 44.9 Å². The molecule has 0 bridgehead atoms. The van der Waals surface area contributed by atoms with Crippen LogP contribution in [0.2, 0.25) is 10.0 Å². The second kappa shape index (κ2) is 9.13. The number of halogens is 2. The van der Waals surface area contributed by atoms with E-state index in [0.717, 1.165) is 35.1 Å². The average Bonchev–Trinajstić information content (AvgIpc) is 2.69. The fourth-order valence-corrected chi connectivity index (χ4v) is 3.73. The van der Waals surface area contributed by atoms with Crippen molar-refractivity contribution in [3.8, 4) is 11.5 Å². The topological polar surface area (TPSA) is 21.7 Å². The number of nitrogens with zero attached hydrogens (tertiary/aromatic N) is 1. The van der Waals surface area contributed by atoms with Crippen molar-refractivity contribution in [3.05, 3.63) is 57.6 Å². The van der Waals surface area contributed by atoms with E-state index in [1.807, 2.05) is 24.3 Å². The summed E-state index contributed by atoms with van der Waals surface area (Å²) in [6.45, 7) is 4.69. The second-order valence-electron chi connectivity index (χ2n) is 6.88. The van der Waals surface area contributed by atoms with Gasteiger partial charge in [0, 0.05) is 18.7 Å². The SMILES string of the molecule is COc1cc(C(=S)N2CCC(C)CC2)ccc1OCc1ccc(Cl)c(Cl)c1. The monoisotopic (exact) mass is 423 g/mol. The number of rotatable bonds is 5. The molecule has 3 rings (SSSR count). The summed E-state index contributed by atoms with van der Waals surface area (Å²) in [7, 11) is 1.64. The summed E-state index contributed by atoms with van der Waals surface area (Å²) in [5.74, 6) is 2.11. The van der Waals surface area contributed by atoms with Crippen molar-refractivity contribution in [2.75, 3.05) is 20.2 Å². The summed E-state index contributed by atoms with van der Waals surface area (Å²) in [5.41, 5.74) is 1.92. The molecule has 1 heterocycles. The van der Waals surface area contributed by atoms with Crippen LogP contribution >= 0.6 is 35.4 Å². The van der Waals surface area contributed by atoms with Crippen molar-refractivity contribution in [1.82, 2.24) is 4.90 Å². The van der Waals surface area contributed by atoms with E-state index in [0.29, 0.717) is 28.2 Å². The normalized spacial score (nSPS) is 14.9. The molecule has 0 radical (unpaired) electrons. The van der Waals surface area contributed by atoms with Crippen LogP contribution in [0.3, 0.4) is 0 Å². The first-order valence-corrected chi connectivity index (χ1v) is 10.2. The van der Waals surface area contributed by atoms with Gasteiger partial charge in [0.05, 0.1) is 17.2 Å². The second-order valence-corrected chi connectivity index (χ2v) is 8.08. The molecule has 0 amide bonds. The molecule has 1 saturated heterocycles. The van der Waals surface area contributed by atoms with Crippen molar-refractivity contribution < 1.29 is 9.47 Å². The molecule has 2 aromatic rings. The lowest BCUT2D eigenvalue weighted by atomic mass is 9.99. The van der Waals surface area contributed by atoms with Crippen molar-refractivity contribution in [2.45, 2.75) is 26.4 Å². The van der Waals surface area contributed by atoms with Gasteiger partial charge in [-0.15, -0.1) is 0 Å². The molecule has 3 nitrogen and oxygen atoms in total. The number of hydrogen-bond donors (Lipinski definition) is 0. The third-order valence-corrected chi connectivity index (χ3v) is 6.09. The molecule has 0 aliphatic carbocycles. The van der Waals surface area contributed by atoms with E-state index < -0.39 is 0 Å². The molecule has 0 atom stereocenters. The standard InChI is InChI=1S/C21H23Cl2NO2S/c1-14-7-9-24(10-8-14)21(27)16-4-6-19(20(12-16)25-2)26-13-15-3-5-17(22)18(23)11-15/h3-6,11-12,14H,7-10,13H2,1-2H3. The minimum atomic E-state index is 0.376. The smallest absolute Gasteiger partial charge is 0.161 e. The predicted octanol–water partition coefficient (Wildman–Crippen LogP) is 5.99. The van der Waals surface area contributed by atoms with Gasteiger partial charge in [0.15, 0.2) is 11.5 Å². The largest absolute Gasteiger partial charge is 0.493 e. The van der Waals surface area contributed by atoms with Crippen LogP contribution in [0.15, 0.2) is 36.4 Å². The van der Waals surface area contributed by atoms with Crippen LogP contribution in [0.5, 0.6) is 11.5 Å².